The number of halogens is 4. The van der Waals surface area contributed by atoms with Gasteiger partial charge in [0.05, 0.1) is 11.1 Å². The molecule has 1 aliphatic rings. The minimum absolute atomic E-state index is 0.0962. The lowest BCUT2D eigenvalue weighted by atomic mass is 9.92. The van der Waals surface area contributed by atoms with Crippen molar-refractivity contribution in [1.29, 1.82) is 0 Å². The second-order valence-electron chi connectivity index (χ2n) is 7.06. The fraction of sp³-hybridized carbons (Fsp3) is 0.389. The van der Waals surface area contributed by atoms with Gasteiger partial charge in [-0.3, -0.25) is 9.59 Å². The number of alkyl halides is 3. The highest BCUT2D eigenvalue weighted by molar-refractivity contribution is 5.92. The van der Waals surface area contributed by atoms with Crippen LogP contribution in [-0.4, -0.2) is 15.9 Å². The Bertz CT molecular complexity index is 946. The normalized spacial score (nSPS) is 14.9. The molecule has 2 aromatic rings. The van der Waals surface area contributed by atoms with E-state index in [1.807, 2.05) is 0 Å². The number of H-pyrrole nitrogens is 1. The van der Waals surface area contributed by atoms with Crippen LogP contribution < -0.4 is 10.9 Å². The number of rotatable bonds is 4. The van der Waals surface area contributed by atoms with E-state index in [1.54, 1.807) is 0 Å². The number of carbonyl (C=O) groups excluding carboxylic acids is 1. The molecule has 5 nitrogen and oxygen atoms in total. The van der Waals surface area contributed by atoms with Gasteiger partial charge in [0.1, 0.15) is 17.3 Å². The second-order valence-corrected chi connectivity index (χ2v) is 7.06. The Morgan fingerprint density at radius 1 is 1.22 bits per heavy atom. The van der Waals surface area contributed by atoms with Crippen molar-refractivity contribution in [2.24, 2.45) is 0 Å². The first-order valence-electron chi connectivity index (χ1n) is 8.28. The quantitative estimate of drug-likeness (QED) is 0.794. The van der Waals surface area contributed by atoms with Crippen LogP contribution in [0, 0.1) is 5.82 Å². The summed E-state index contributed by atoms with van der Waals surface area (Å²) in [5.41, 5.74) is -2.98. The highest BCUT2D eigenvalue weighted by Gasteiger charge is 2.35. The molecule has 0 bridgehead atoms. The molecule has 0 aliphatic heterocycles. The number of hydrogen-bond acceptors (Lipinski definition) is 3. The molecule has 1 amide bonds. The lowest BCUT2D eigenvalue weighted by Gasteiger charge is -2.27. The average Bonchev–Trinajstić information content (AvgIpc) is 3.37. The smallest absolute Gasteiger partial charge is 0.342 e. The summed E-state index contributed by atoms with van der Waals surface area (Å²) < 4.78 is 52.0. The highest BCUT2D eigenvalue weighted by atomic mass is 19.4. The van der Waals surface area contributed by atoms with Crippen molar-refractivity contribution in [3.63, 3.8) is 0 Å². The van der Waals surface area contributed by atoms with E-state index in [0.717, 1.165) is 31.0 Å². The summed E-state index contributed by atoms with van der Waals surface area (Å²) in [6.45, 7) is 3.03. The molecule has 1 heterocycles. The number of nitrogens with zero attached hydrogens (tertiary/aromatic N) is 1. The van der Waals surface area contributed by atoms with Crippen molar-refractivity contribution in [2.45, 2.75) is 44.3 Å². The fourth-order valence-electron chi connectivity index (χ4n) is 2.70. The molecule has 0 unspecified atom stereocenters. The standard InChI is InChI=1S/C18H17F4N3O2/c1-17(2,10-5-6-11(12(19)7-10)18(20,21)22)25-16(27)13-8-14(26)24-15(23-13)9-3-4-9/h5-9H,3-4H2,1-2H3,(H,25,27)(H,23,24,26). The van der Waals surface area contributed by atoms with E-state index in [9.17, 15) is 27.2 Å². The molecular weight excluding hydrogens is 366 g/mol. The molecular formula is C18H17F4N3O2. The van der Waals surface area contributed by atoms with Gasteiger partial charge in [0.2, 0.25) is 0 Å². The molecule has 1 aliphatic carbocycles. The van der Waals surface area contributed by atoms with Gasteiger partial charge in [0.25, 0.3) is 11.5 Å². The van der Waals surface area contributed by atoms with Crippen molar-refractivity contribution in [3.05, 3.63) is 63.1 Å². The summed E-state index contributed by atoms with van der Waals surface area (Å²) >= 11 is 0. The minimum Gasteiger partial charge on any atom is -0.342 e. The van der Waals surface area contributed by atoms with Gasteiger partial charge in [-0.05, 0) is 44.4 Å². The summed E-state index contributed by atoms with van der Waals surface area (Å²) in [7, 11) is 0. The molecule has 1 fully saturated rings. The highest BCUT2D eigenvalue weighted by Crippen LogP contribution is 2.37. The van der Waals surface area contributed by atoms with Gasteiger partial charge in [-0.1, -0.05) is 6.07 Å². The number of carbonyl (C=O) groups is 1. The number of nitrogens with one attached hydrogen (secondary N) is 2. The third kappa shape index (κ3) is 4.17. The van der Waals surface area contributed by atoms with E-state index in [4.69, 9.17) is 0 Å². The first-order valence-corrected chi connectivity index (χ1v) is 8.28. The summed E-state index contributed by atoms with van der Waals surface area (Å²) in [5, 5.41) is 2.59. The molecule has 2 N–H and O–H groups in total. The predicted molar refractivity (Wildman–Crippen MR) is 88.7 cm³/mol. The van der Waals surface area contributed by atoms with Gasteiger partial charge in [0.15, 0.2) is 0 Å². The largest absolute Gasteiger partial charge is 0.419 e. The zero-order valence-electron chi connectivity index (χ0n) is 14.6. The summed E-state index contributed by atoms with van der Waals surface area (Å²) in [6, 6.07) is 3.52. The molecule has 1 aromatic carbocycles. The zero-order chi connectivity index (χ0) is 20.0. The van der Waals surface area contributed by atoms with Crippen LogP contribution in [0.4, 0.5) is 17.6 Å². The van der Waals surface area contributed by atoms with Crippen LogP contribution in [0.25, 0.3) is 0 Å². The van der Waals surface area contributed by atoms with Crippen LogP contribution in [0.2, 0.25) is 0 Å². The monoisotopic (exact) mass is 383 g/mol. The molecule has 0 saturated heterocycles. The van der Waals surface area contributed by atoms with E-state index in [2.05, 4.69) is 15.3 Å². The van der Waals surface area contributed by atoms with Gasteiger partial charge in [-0.15, -0.1) is 0 Å². The van der Waals surface area contributed by atoms with Crippen molar-refractivity contribution >= 4 is 5.91 Å². The van der Waals surface area contributed by atoms with Gasteiger partial charge in [0, 0.05) is 12.0 Å². The van der Waals surface area contributed by atoms with Crippen molar-refractivity contribution in [1.82, 2.24) is 15.3 Å². The molecule has 1 aromatic heterocycles. The van der Waals surface area contributed by atoms with Crippen molar-refractivity contribution in [2.75, 3.05) is 0 Å². The maximum Gasteiger partial charge on any atom is 0.419 e. The van der Waals surface area contributed by atoms with Crippen LogP contribution in [0.3, 0.4) is 0 Å². The minimum atomic E-state index is -4.80. The number of hydrogen-bond donors (Lipinski definition) is 2. The fourth-order valence-corrected chi connectivity index (χ4v) is 2.70. The molecule has 1 saturated carbocycles. The van der Waals surface area contributed by atoms with Gasteiger partial charge in [-0.25, -0.2) is 9.37 Å². The summed E-state index contributed by atoms with van der Waals surface area (Å²) in [5.74, 6) is -1.53. The first-order chi connectivity index (χ1) is 12.5. The van der Waals surface area contributed by atoms with E-state index in [1.165, 1.54) is 13.8 Å². The predicted octanol–water partition coefficient (Wildman–Crippen LogP) is 3.47. The number of amides is 1. The van der Waals surface area contributed by atoms with Crippen LogP contribution >= 0.6 is 0 Å². The third-order valence-electron chi connectivity index (χ3n) is 4.38. The molecule has 3 rings (SSSR count). The Labute approximate surface area is 151 Å². The lowest BCUT2D eigenvalue weighted by molar-refractivity contribution is -0.140. The molecule has 27 heavy (non-hydrogen) atoms. The Kier molecular flexibility index (Phi) is 4.57. The topological polar surface area (TPSA) is 74.8 Å². The second kappa shape index (κ2) is 6.47. The number of aromatic amines is 1. The Morgan fingerprint density at radius 3 is 2.44 bits per heavy atom. The number of benzene rings is 1. The van der Waals surface area contributed by atoms with Crippen LogP contribution in [0.5, 0.6) is 0 Å². The lowest BCUT2D eigenvalue weighted by Crippen LogP contribution is -2.42. The Balaban J connectivity index is 1.85. The number of aromatic nitrogens is 2. The van der Waals surface area contributed by atoms with Crippen molar-refractivity contribution < 1.29 is 22.4 Å². The zero-order valence-corrected chi connectivity index (χ0v) is 14.6. The van der Waals surface area contributed by atoms with Gasteiger partial charge in [-0.2, -0.15) is 13.2 Å². The van der Waals surface area contributed by atoms with Crippen LogP contribution in [0.1, 0.15) is 60.0 Å². The van der Waals surface area contributed by atoms with E-state index in [-0.39, 0.29) is 17.2 Å². The summed E-state index contributed by atoms with van der Waals surface area (Å²) in [6.07, 6.45) is -3.04. The molecule has 144 valence electrons. The van der Waals surface area contributed by atoms with E-state index >= 15 is 0 Å². The molecule has 9 heteroatoms. The first kappa shape index (κ1) is 19.1. The molecule has 0 spiro atoms. The Hall–Kier alpha value is -2.71. The molecule has 0 atom stereocenters. The van der Waals surface area contributed by atoms with Crippen LogP contribution in [-0.2, 0) is 11.7 Å². The average molecular weight is 383 g/mol. The van der Waals surface area contributed by atoms with Crippen molar-refractivity contribution in [3.8, 4) is 0 Å². The van der Waals surface area contributed by atoms with Gasteiger partial charge >= 0.3 is 6.18 Å². The van der Waals surface area contributed by atoms with Crippen LogP contribution in [0.15, 0.2) is 29.1 Å². The maximum absolute atomic E-state index is 13.8. The molecule has 0 radical (unpaired) electrons. The maximum atomic E-state index is 13.8. The van der Waals surface area contributed by atoms with E-state index in [0.29, 0.717) is 11.9 Å². The SMILES string of the molecule is CC(C)(NC(=O)c1cc(=O)[nH]c(C2CC2)n1)c1ccc(C(F)(F)F)c(F)c1. The van der Waals surface area contributed by atoms with Gasteiger partial charge < -0.3 is 10.3 Å². The summed E-state index contributed by atoms with van der Waals surface area (Å²) in [4.78, 5) is 31.0. The Morgan fingerprint density at radius 2 is 1.89 bits per heavy atom. The van der Waals surface area contributed by atoms with E-state index < -0.39 is 34.6 Å². The third-order valence-corrected chi connectivity index (χ3v) is 4.38.